The van der Waals surface area contributed by atoms with Gasteiger partial charge in [0.05, 0.1) is 12.7 Å². The number of anilines is 1. The number of nitrogens with zero attached hydrogens (tertiary/aromatic N) is 1. The molecule has 1 amide bonds. The van der Waals surface area contributed by atoms with Gasteiger partial charge in [-0.2, -0.15) is 8.78 Å². The highest BCUT2D eigenvalue weighted by Gasteiger charge is 2.16. The normalized spacial score (nSPS) is 10.9. The number of halogens is 2. The van der Waals surface area contributed by atoms with Crippen molar-refractivity contribution in [1.29, 1.82) is 0 Å². The molecule has 0 heterocycles. The molecular weight excluding hydrogens is 382 g/mol. The van der Waals surface area contributed by atoms with E-state index < -0.39 is 12.5 Å². The average Bonchev–Trinajstić information content (AvgIpc) is 2.71. The Hall–Kier alpha value is -2.87. The molecule has 6 nitrogen and oxygen atoms in total. The quantitative estimate of drug-likeness (QED) is 0.602. The molecule has 29 heavy (non-hydrogen) atoms. The maximum Gasteiger partial charge on any atom is 0.387 e. The van der Waals surface area contributed by atoms with Crippen molar-refractivity contribution in [2.75, 3.05) is 38.7 Å². The van der Waals surface area contributed by atoms with Crippen LogP contribution in [0.15, 0.2) is 42.5 Å². The first kappa shape index (κ1) is 22.4. The molecule has 2 aromatic carbocycles. The highest BCUT2D eigenvalue weighted by Crippen LogP contribution is 2.31. The Morgan fingerprint density at radius 3 is 2.45 bits per heavy atom. The average molecular weight is 408 g/mol. The molecule has 8 heteroatoms. The second-order valence-electron chi connectivity index (χ2n) is 6.07. The van der Waals surface area contributed by atoms with Crippen LogP contribution in [0.2, 0.25) is 0 Å². The molecule has 0 aliphatic heterocycles. The summed E-state index contributed by atoms with van der Waals surface area (Å²) >= 11 is 0. The molecule has 0 unspecified atom stereocenters. The Labute approximate surface area is 169 Å². The third-order valence-electron chi connectivity index (χ3n) is 4.33. The van der Waals surface area contributed by atoms with Crippen molar-refractivity contribution < 1.29 is 27.8 Å². The van der Waals surface area contributed by atoms with Crippen LogP contribution in [-0.4, -0.2) is 50.8 Å². The summed E-state index contributed by atoms with van der Waals surface area (Å²) in [4.78, 5) is 14.8. The maximum absolute atomic E-state index is 12.6. The van der Waals surface area contributed by atoms with Gasteiger partial charge in [0.2, 0.25) is 0 Å². The minimum absolute atomic E-state index is 0.00706. The summed E-state index contributed by atoms with van der Waals surface area (Å²) in [5.74, 6) is 0.253. The molecule has 0 atom stereocenters. The number of likely N-dealkylation sites (N-methyl/N-ethyl adjacent to an activating group) is 1. The fourth-order valence-electron chi connectivity index (χ4n) is 2.74. The third kappa shape index (κ3) is 6.60. The van der Waals surface area contributed by atoms with Gasteiger partial charge in [0, 0.05) is 18.3 Å². The molecule has 0 fully saturated rings. The van der Waals surface area contributed by atoms with Crippen molar-refractivity contribution >= 4 is 11.6 Å². The number of hydrogen-bond donors (Lipinski definition) is 1. The molecule has 0 radical (unpaired) electrons. The lowest BCUT2D eigenvalue weighted by atomic mass is 10.2. The molecule has 0 bridgehead atoms. The minimum atomic E-state index is -3.02. The molecule has 2 rings (SSSR count). The number of para-hydroxylation sites is 1. The van der Waals surface area contributed by atoms with E-state index in [2.05, 4.69) is 28.8 Å². The lowest BCUT2D eigenvalue weighted by Crippen LogP contribution is -2.28. The summed E-state index contributed by atoms with van der Waals surface area (Å²) in [6, 6.07) is 10.8. The first-order chi connectivity index (χ1) is 14.0. The fraction of sp³-hybridized carbons (Fsp3) is 0.381. The van der Waals surface area contributed by atoms with Crippen molar-refractivity contribution in [3.05, 3.63) is 48.0 Å². The topological polar surface area (TPSA) is 60.0 Å². The monoisotopic (exact) mass is 408 g/mol. The van der Waals surface area contributed by atoms with Crippen LogP contribution in [0.25, 0.3) is 0 Å². The van der Waals surface area contributed by atoms with E-state index in [0.29, 0.717) is 23.8 Å². The maximum atomic E-state index is 12.6. The van der Waals surface area contributed by atoms with E-state index in [4.69, 9.17) is 9.47 Å². The van der Waals surface area contributed by atoms with Crippen LogP contribution in [0.1, 0.15) is 24.2 Å². The van der Waals surface area contributed by atoms with Crippen molar-refractivity contribution in [2.24, 2.45) is 0 Å². The summed E-state index contributed by atoms with van der Waals surface area (Å²) < 4.78 is 40.7. The number of benzene rings is 2. The van der Waals surface area contributed by atoms with Gasteiger partial charge in [-0.3, -0.25) is 4.79 Å². The number of amides is 1. The highest BCUT2D eigenvalue weighted by molar-refractivity contribution is 6.06. The van der Waals surface area contributed by atoms with Crippen molar-refractivity contribution in [1.82, 2.24) is 4.90 Å². The second-order valence-corrected chi connectivity index (χ2v) is 6.07. The number of carbonyl (C=O) groups excluding carboxylic acids is 1. The van der Waals surface area contributed by atoms with E-state index in [9.17, 15) is 13.6 Å². The second kappa shape index (κ2) is 11.2. The summed E-state index contributed by atoms with van der Waals surface area (Å²) in [5, 5.41) is 2.68. The van der Waals surface area contributed by atoms with E-state index in [1.165, 1.54) is 25.3 Å². The lowest BCUT2D eigenvalue weighted by molar-refractivity contribution is -0.0501. The summed E-state index contributed by atoms with van der Waals surface area (Å²) in [6.45, 7) is 4.20. The van der Waals surface area contributed by atoms with Gasteiger partial charge < -0.3 is 24.4 Å². The number of rotatable bonds is 11. The zero-order valence-corrected chi connectivity index (χ0v) is 16.8. The number of hydrogen-bond acceptors (Lipinski definition) is 5. The Morgan fingerprint density at radius 2 is 1.79 bits per heavy atom. The molecule has 158 valence electrons. The van der Waals surface area contributed by atoms with Gasteiger partial charge in [0.25, 0.3) is 5.91 Å². The van der Waals surface area contributed by atoms with Crippen molar-refractivity contribution in [3.63, 3.8) is 0 Å². The SMILES string of the molecule is CCN(CC)CCOc1cc(NC(=O)c2ccccc2OC(F)F)ccc1OC. The molecule has 0 aliphatic rings. The molecule has 0 aliphatic carbocycles. The standard InChI is InChI=1S/C21H26F2N2O4/c1-4-25(5-2)12-13-28-19-14-15(10-11-18(19)27-3)24-20(26)16-8-6-7-9-17(16)29-21(22)23/h6-11,14,21H,4-5,12-13H2,1-3H3,(H,24,26). The Kier molecular flexibility index (Phi) is 8.67. The van der Waals surface area contributed by atoms with Crippen LogP contribution in [-0.2, 0) is 0 Å². The van der Waals surface area contributed by atoms with Crippen LogP contribution in [0.5, 0.6) is 17.2 Å². The number of ether oxygens (including phenoxy) is 3. The van der Waals surface area contributed by atoms with Gasteiger partial charge in [-0.05, 0) is 37.4 Å². The molecule has 0 spiro atoms. The lowest BCUT2D eigenvalue weighted by Gasteiger charge is -2.19. The van der Waals surface area contributed by atoms with Gasteiger partial charge in [-0.1, -0.05) is 26.0 Å². The van der Waals surface area contributed by atoms with Crippen molar-refractivity contribution in [2.45, 2.75) is 20.5 Å². The van der Waals surface area contributed by atoms with Gasteiger partial charge in [0.15, 0.2) is 11.5 Å². The van der Waals surface area contributed by atoms with Gasteiger partial charge in [-0.25, -0.2) is 0 Å². The van der Waals surface area contributed by atoms with E-state index in [1.807, 2.05) is 0 Å². The predicted molar refractivity (Wildman–Crippen MR) is 107 cm³/mol. The molecule has 0 aromatic heterocycles. The summed E-state index contributed by atoms with van der Waals surface area (Å²) in [7, 11) is 1.53. The van der Waals surface area contributed by atoms with Gasteiger partial charge in [-0.15, -0.1) is 0 Å². The fourth-order valence-corrected chi connectivity index (χ4v) is 2.74. The Balaban J connectivity index is 2.12. The molecule has 0 saturated carbocycles. The van der Waals surface area contributed by atoms with Crippen LogP contribution >= 0.6 is 0 Å². The van der Waals surface area contributed by atoms with E-state index in [1.54, 1.807) is 24.3 Å². The first-order valence-electron chi connectivity index (χ1n) is 9.36. The number of nitrogens with one attached hydrogen (secondary N) is 1. The molecule has 1 N–H and O–H groups in total. The molecule has 0 saturated heterocycles. The van der Waals surface area contributed by atoms with Crippen LogP contribution < -0.4 is 19.5 Å². The Morgan fingerprint density at radius 1 is 1.07 bits per heavy atom. The third-order valence-corrected chi connectivity index (χ3v) is 4.33. The first-order valence-corrected chi connectivity index (χ1v) is 9.36. The molecular formula is C21H26F2N2O4. The van der Waals surface area contributed by atoms with E-state index >= 15 is 0 Å². The van der Waals surface area contributed by atoms with E-state index in [0.717, 1.165) is 19.6 Å². The van der Waals surface area contributed by atoms with Gasteiger partial charge in [0.1, 0.15) is 12.4 Å². The summed E-state index contributed by atoms with van der Waals surface area (Å²) in [6.07, 6.45) is 0. The van der Waals surface area contributed by atoms with Crippen molar-refractivity contribution in [3.8, 4) is 17.2 Å². The highest BCUT2D eigenvalue weighted by atomic mass is 19.3. The largest absolute Gasteiger partial charge is 0.493 e. The van der Waals surface area contributed by atoms with Gasteiger partial charge >= 0.3 is 6.61 Å². The zero-order chi connectivity index (χ0) is 21.2. The number of alkyl halides is 2. The van der Waals surface area contributed by atoms with Crippen LogP contribution in [0, 0.1) is 0 Å². The van der Waals surface area contributed by atoms with Crippen LogP contribution in [0.3, 0.4) is 0 Å². The smallest absolute Gasteiger partial charge is 0.387 e. The predicted octanol–water partition coefficient (Wildman–Crippen LogP) is 4.27. The van der Waals surface area contributed by atoms with E-state index in [-0.39, 0.29) is 11.3 Å². The minimum Gasteiger partial charge on any atom is -0.493 e. The number of carbonyl (C=O) groups is 1. The summed E-state index contributed by atoms with van der Waals surface area (Å²) in [5.41, 5.74) is 0.452. The number of methoxy groups -OCH3 is 1. The Bertz CT molecular complexity index is 798. The zero-order valence-electron chi connectivity index (χ0n) is 16.8. The molecule has 2 aromatic rings. The van der Waals surface area contributed by atoms with Crippen LogP contribution in [0.4, 0.5) is 14.5 Å².